The number of ether oxygens (including phenoxy) is 1. The minimum Gasteiger partial charge on any atom is -0.497 e. The van der Waals surface area contributed by atoms with Crippen LogP contribution in [0.2, 0.25) is 0 Å². The van der Waals surface area contributed by atoms with Gasteiger partial charge in [0.2, 0.25) is 5.95 Å². The van der Waals surface area contributed by atoms with Crippen molar-refractivity contribution in [1.29, 1.82) is 0 Å². The van der Waals surface area contributed by atoms with Crippen molar-refractivity contribution in [1.82, 2.24) is 9.97 Å². The maximum absolute atomic E-state index is 13.2. The van der Waals surface area contributed by atoms with Crippen molar-refractivity contribution in [3.8, 4) is 5.75 Å². The number of nitrogens with two attached hydrogens (primary N) is 2. The fourth-order valence-electron chi connectivity index (χ4n) is 4.88. The summed E-state index contributed by atoms with van der Waals surface area (Å²) < 4.78 is 5.29. The Morgan fingerprint density at radius 3 is 2.59 bits per heavy atom. The summed E-state index contributed by atoms with van der Waals surface area (Å²) in [5.74, 6) is 1.45. The average molecular weight is 498 g/mol. The predicted octanol–water partition coefficient (Wildman–Crippen LogP) is 4.35. The molecule has 1 aromatic heterocycles. The van der Waals surface area contributed by atoms with Crippen LogP contribution < -0.4 is 26.8 Å². The molecule has 1 saturated carbocycles. The van der Waals surface area contributed by atoms with Gasteiger partial charge in [0.05, 0.1) is 24.7 Å². The van der Waals surface area contributed by atoms with E-state index in [1.807, 2.05) is 55.5 Å². The van der Waals surface area contributed by atoms with Gasteiger partial charge in [0.15, 0.2) is 5.96 Å². The molecule has 190 valence electrons. The van der Waals surface area contributed by atoms with Crippen LogP contribution in [0.3, 0.4) is 0 Å². The summed E-state index contributed by atoms with van der Waals surface area (Å²) in [5, 5.41) is 9.25. The quantitative estimate of drug-likeness (QED) is 0.229. The minimum absolute atomic E-state index is 0.0236. The van der Waals surface area contributed by atoms with E-state index in [1.54, 1.807) is 13.2 Å². The van der Waals surface area contributed by atoms with Crippen LogP contribution in [0, 0.1) is 6.92 Å². The number of hydrogen-bond acceptors (Lipinski definition) is 6. The van der Waals surface area contributed by atoms with Gasteiger partial charge in [0.1, 0.15) is 11.6 Å². The number of nitrogens with one attached hydrogen (secondary N) is 2. The number of benzene rings is 3. The molecule has 1 aliphatic carbocycles. The van der Waals surface area contributed by atoms with Crippen molar-refractivity contribution < 1.29 is 9.53 Å². The summed E-state index contributed by atoms with van der Waals surface area (Å²) in [7, 11) is 1.63. The topological polar surface area (TPSA) is 141 Å². The number of amides is 1. The van der Waals surface area contributed by atoms with Crippen molar-refractivity contribution in [3.05, 3.63) is 65.7 Å². The molecule has 4 aromatic rings. The van der Waals surface area contributed by atoms with Crippen LogP contribution in [-0.4, -0.2) is 41.0 Å². The van der Waals surface area contributed by atoms with Gasteiger partial charge >= 0.3 is 0 Å². The lowest BCUT2D eigenvalue weighted by Crippen LogP contribution is -2.38. The van der Waals surface area contributed by atoms with E-state index < -0.39 is 0 Å². The van der Waals surface area contributed by atoms with Gasteiger partial charge in [-0.1, -0.05) is 36.6 Å². The molecule has 0 saturated heterocycles. The van der Waals surface area contributed by atoms with Gasteiger partial charge in [0, 0.05) is 10.9 Å². The van der Waals surface area contributed by atoms with Gasteiger partial charge in [-0.3, -0.25) is 10.1 Å². The molecule has 6 N–H and O–H groups in total. The van der Waals surface area contributed by atoms with Crippen LogP contribution >= 0.6 is 0 Å². The third-order valence-corrected chi connectivity index (χ3v) is 6.75. The smallest absolute Gasteiger partial charge is 0.258 e. The van der Waals surface area contributed by atoms with Gasteiger partial charge in [-0.25, -0.2) is 9.98 Å². The minimum atomic E-state index is -0.286. The lowest BCUT2D eigenvalue weighted by molar-refractivity contribution is 0.102. The van der Waals surface area contributed by atoms with E-state index >= 15 is 0 Å². The van der Waals surface area contributed by atoms with Crippen molar-refractivity contribution in [2.45, 2.75) is 44.7 Å². The molecule has 0 radical (unpaired) electrons. The zero-order chi connectivity index (χ0) is 25.9. The fraction of sp³-hybridized carbons (Fsp3) is 0.286. The summed E-state index contributed by atoms with van der Waals surface area (Å²) in [6, 6.07) is 17.2. The SMILES string of the molecule is COc1ccc2cc(C(=O)Nc3nc(NC4CCCCC4N=C(N)N)c4cc(C)ccc4n3)ccc2c1. The van der Waals surface area contributed by atoms with E-state index in [2.05, 4.69) is 20.6 Å². The first-order valence-electron chi connectivity index (χ1n) is 12.4. The Balaban J connectivity index is 1.46. The molecule has 5 rings (SSSR count). The number of aromatic nitrogens is 2. The van der Waals surface area contributed by atoms with E-state index in [-0.39, 0.29) is 29.9 Å². The van der Waals surface area contributed by atoms with Crippen molar-refractivity contribution >= 4 is 45.3 Å². The molecular weight excluding hydrogens is 466 g/mol. The number of carbonyl (C=O) groups is 1. The summed E-state index contributed by atoms with van der Waals surface area (Å²) in [6.45, 7) is 2.02. The molecule has 2 atom stereocenters. The Morgan fingerprint density at radius 2 is 1.78 bits per heavy atom. The molecule has 1 amide bonds. The first-order chi connectivity index (χ1) is 17.9. The van der Waals surface area contributed by atoms with Crippen LogP contribution in [0.4, 0.5) is 11.8 Å². The molecule has 1 fully saturated rings. The highest BCUT2D eigenvalue weighted by Gasteiger charge is 2.26. The van der Waals surface area contributed by atoms with Crippen LogP contribution in [0.25, 0.3) is 21.7 Å². The van der Waals surface area contributed by atoms with Gasteiger partial charge in [-0.05, 0) is 66.9 Å². The average Bonchev–Trinajstić information content (AvgIpc) is 2.89. The number of carbonyl (C=O) groups excluding carboxylic acids is 1. The summed E-state index contributed by atoms with van der Waals surface area (Å²) in [4.78, 5) is 26.9. The maximum atomic E-state index is 13.2. The molecule has 0 aliphatic heterocycles. The first-order valence-corrected chi connectivity index (χ1v) is 12.4. The number of anilines is 2. The second kappa shape index (κ2) is 10.3. The highest BCUT2D eigenvalue weighted by molar-refractivity contribution is 6.06. The highest BCUT2D eigenvalue weighted by atomic mass is 16.5. The first kappa shape index (κ1) is 24.3. The molecule has 9 heteroatoms. The van der Waals surface area contributed by atoms with Crippen molar-refractivity contribution in [2.24, 2.45) is 16.5 Å². The Labute approximate surface area is 215 Å². The Kier molecular flexibility index (Phi) is 6.76. The number of methoxy groups -OCH3 is 1. The lowest BCUT2D eigenvalue weighted by Gasteiger charge is -2.30. The van der Waals surface area contributed by atoms with E-state index in [4.69, 9.17) is 21.2 Å². The number of fused-ring (bicyclic) bond motifs is 2. The molecular formula is C28H31N7O2. The van der Waals surface area contributed by atoms with Crippen LogP contribution in [0.15, 0.2) is 59.6 Å². The zero-order valence-electron chi connectivity index (χ0n) is 21.0. The highest BCUT2D eigenvalue weighted by Crippen LogP contribution is 2.29. The van der Waals surface area contributed by atoms with Gasteiger partial charge in [0.25, 0.3) is 5.91 Å². The number of aryl methyl sites for hydroxylation is 1. The van der Waals surface area contributed by atoms with Crippen LogP contribution in [-0.2, 0) is 0 Å². The lowest BCUT2D eigenvalue weighted by atomic mass is 9.90. The molecule has 37 heavy (non-hydrogen) atoms. The number of rotatable bonds is 6. The third kappa shape index (κ3) is 5.40. The summed E-state index contributed by atoms with van der Waals surface area (Å²) in [5.41, 5.74) is 13.7. The number of nitrogens with zero attached hydrogens (tertiary/aromatic N) is 3. The fourth-order valence-corrected chi connectivity index (χ4v) is 4.88. The van der Waals surface area contributed by atoms with Crippen LogP contribution in [0.1, 0.15) is 41.6 Å². The predicted molar refractivity (Wildman–Crippen MR) is 148 cm³/mol. The van der Waals surface area contributed by atoms with Crippen molar-refractivity contribution in [3.63, 3.8) is 0 Å². The monoisotopic (exact) mass is 497 g/mol. The number of aliphatic imine (C=N–C) groups is 1. The molecule has 3 aromatic carbocycles. The van der Waals surface area contributed by atoms with Gasteiger partial charge in [-0.2, -0.15) is 4.98 Å². The normalized spacial score (nSPS) is 17.4. The standard InChI is InChI=1S/C28H31N7O2/c1-16-7-12-22-21(13-16)25(31-23-5-3-4-6-24(23)32-27(29)30)34-28(33-22)35-26(36)19-9-8-18-15-20(37-2)11-10-17(18)14-19/h7-15,23-24H,3-6H2,1-2H3,(H4,29,30,32)(H2,31,33,34,35,36). The second-order valence-corrected chi connectivity index (χ2v) is 9.46. The Hall–Kier alpha value is -4.40. The molecule has 9 nitrogen and oxygen atoms in total. The Bertz CT molecular complexity index is 1500. The van der Waals surface area contributed by atoms with Gasteiger partial charge < -0.3 is 21.5 Å². The van der Waals surface area contributed by atoms with Crippen LogP contribution in [0.5, 0.6) is 5.75 Å². The largest absolute Gasteiger partial charge is 0.497 e. The van der Waals surface area contributed by atoms with E-state index in [9.17, 15) is 4.79 Å². The summed E-state index contributed by atoms with van der Waals surface area (Å²) in [6.07, 6.45) is 3.97. The van der Waals surface area contributed by atoms with E-state index in [0.717, 1.165) is 58.7 Å². The zero-order valence-corrected chi connectivity index (χ0v) is 21.0. The maximum Gasteiger partial charge on any atom is 0.258 e. The van der Waals surface area contributed by atoms with Gasteiger partial charge in [-0.15, -0.1) is 0 Å². The molecule has 1 heterocycles. The van der Waals surface area contributed by atoms with E-state index in [1.165, 1.54) is 0 Å². The number of hydrogen-bond donors (Lipinski definition) is 4. The molecule has 1 aliphatic rings. The van der Waals surface area contributed by atoms with Crippen molar-refractivity contribution in [2.75, 3.05) is 17.7 Å². The summed E-state index contributed by atoms with van der Waals surface area (Å²) >= 11 is 0. The Morgan fingerprint density at radius 1 is 1.00 bits per heavy atom. The molecule has 0 spiro atoms. The molecule has 2 unspecified atom stereocenters. The molecule has 0 bridgehead atoms. The van der Waals surface area contributed by atoms with E-state index in [0.29, 0.717) is 11.4 Å². The second-order valence-electron chi connectivity index (χ2n) is 9.46. The third-order valence-electron chi connectivity index (χ3n) is 6.75. The number of guanidine groups is 1.